The minimum absolute atomic E-state index is 0.0328. The molecule has 0 aliphatic heterocycles. The summed E-state index contributed by atoms with van der Waals surface area (Å²) >= 11 is 5.64. The van der Waals surface area contributed by atoms with E-state index in [1.54, 1.807) is 12.1 Å². The number of nitrogens with zero attached hydrogens (tertiary/aromatic N) is 1. The molecule has 1 heterocycles. The molecule has 3 nitrogen and oxygen atoms in total. The van der Waals surface area contributed by atoms with Crippen molar-refractivity contribution >= 4 is 22.6 Å². The molecule has 0 radical (unpaired) electrons. The predicted octanol–water partition coefficient (Wildman–Crippen LogP) is 1.92. The first-order valence-electron chi connectivity index (χ1n) is 3.09. The molecule has 1 aromatic heterocycles. The van der Waals surface area contributed by atoms with E-state index in [0.29, 0.717) is 10.5 Å². The zero-order chi connectivity index (χ0) is 7.84. The van der Waals surface area contributed by atoms with E-state index < -0.39 is 0 Å². The lowest BCUT2D eigenvalue weighted by molar-refractivity contribution is 0.481. The van der Waals surface area contributed by atoms with E-state index in [4.69, 9.17) is 11.6 Å². The SMILES string of the molecule is Oc1c(Cl)ccc2[nH]cnc12. The van der Waals surface area contributed by atoms with Gasteiger partial charge in [0, 0.05) is 0 Å². The van der Waals surface area contributed by atoms with Crippen molar-refractivity contribution < 1.29 is 5.11 Å². The number of aromatic hydroxyl groups is 1. The number of aromatic nitrogens is 2. The van der Waals surface area contributed by atoms with Crippen LogP contribution >= 0.6 is 11.6 Å². The Morgan fingerprint density at radius 3 is 3.09 bits per heavy atom. The molecule has 1 aromatic carbocycles. The number of hydrogen-bond acceptors (Lipinski definition) is 2. The molecule has 2 N–H and O–H groups in total. The number of phenols is 1. The second-order valence-electron chi connectivity index (χ2n) is 2.19. The number of halogens is 1. The molecule has 0 aliphatic carbocycles. The van der Waals surface area contributed by atoms with E-state index in [2.05, 4.69) is 9.97 Å². The van der Waals surface area contributed by atoms with Crippen molar-refractivity contribution in [2.45, 2.75) is 0 Å². The van der Waals surface area contributed by atoms with Gasteiger partial charge in [0.25, 0.3) is 0 Å². The standard InChI is InChI=1S/C7H5ClN2O/c8-4-1-2-5-6(7(4)11)10-3-9-5/h1-3,11H,(H,9,10). The summed E-state index contributed by atoms with van der Waals surface area (Å²) in [6.07, 6.45) is 1.51. The molecule has 0 amide bonds. The van der Waals surface area contributed by atoms with Crippen molar-refractivity contribution in [1.82, 2.24) is 9.97 Å². The molecule has 4 heteroatoms. The number of benzene rings is 1. The van der Waals surface area contributed by atoms with Crippen molar-refractivity contribution in [3.63, 3.8) is 0 Å². The number of hydrogen-bond donors (Lipinski definition) is 2. The number of phenolic OH excluding ortho intramolecular Hbond substituents is 1. The largest absolute Gasteiger partial charge is 0.504 e. The van der Waals surface area contributed by atoms with E-state index in [-0.39, 0.29) is 5.75 Å². The highest BCUT2D eigenvalue weighted by atomic mass is 35.5. The van der Waals surface area contributed by atoms with E-state index in [1.807, 2.05) is 0 Å². The summed E-state index contributed by atoms with van der Waals surface area (Å²) in [5.41, 5.74) is 1.30. The smallest absolute Gasteiger partial charge is 0.162 e. The zero-order valence-corrected chi connectivity index (χ0v) is 6.26. The van der Waals surface area contributed by atoms with Gasteiger partial charge in [0.15, 0.2) is 5.75 Å². The molecule has 0 saturated heterocycles. The fraction of sp³-hybridized carbons (Fsp3) is 0. The molecule has 2 rings (SSSR count). The van der Waals surface area contributed by atoms with Crippen molar-refractivity contribution in [2.24, 2.45) is 0 Å². The number of fused-ring (bicyclic) bond motifs is 1. The Hall–Kier alpha value is -1.22. The summed E-state index contributed by atoms with van der Waals surface area (Å²) in [5, 5.41) is 9.66. The second kappa shape index (κ2) is 2.13. The van der Waals surface area contributed by atoms with Crippen molar-refractivity contribution in [3.05, 3.63) is 23.5 Å². The average Bonchev–Trinajstić information content (AvgIpc) is 2.45. The van der Waals surface area contributed by atoms with Crippen LogP contribution in [0.4, 0.5) is 0 Å². The van der Waals surface area contributed by atoms with Gasteiger partial charge in [0.05, 0.1) is 16.9 Å². The van der Waals surface area contributed by atoms with Crippen LogP contribution in [0.15, 0.2) is 18.5 Å². The van der Waals surface area contributed by atoms with Gasteiger partial charge in [-0.15, -0.1) is 0 Å². The van der Waals surface area contributed by atoms with Crippen LogP contribution in [0.25, 0.3) is 11.0 Å². The number of imidazole rings is 1. The first-order valence-corrected chi connectivity index (χ1v) is 3.47. The molecule has 11 heavy (non-hydrogen) atoms. The zero-order valence-electron chi connectivity index (χ0n) is 5.50. The maximum absolute atomic E-state index is 9.33. The fourth-order valence-electron chi connectivity index (χ4n) is 0.969. The van der Waals surface area contributed by atoms with Crippen LogP contribution < -0.4 is 0 Å². The van der Waals surface area contributed by atoms with E-state index in [0.717, 1.165) is 5.52 Å². The number of nitrogens with one attached hydrogen (secondary N) is 1. The van der Waals surface area contributed by atoms with Gasteiger partial charge in [-0.25, -0.2) is 4.98 Å². The molecular weight excluding hydrogens is 164 g/mol. The van der Waals surface area contributed by atoms with Gasteiger partial charge in [0.2, 0.25) is 0 Å². The summed E-state index contributed by atoms with van der Waals surface area (Å²) in [5.74, 6) is 0.0328. The Bertz CT molecular complexity index is 396. The Labute approximate surface area is 67.6 Å². The lowest BCUT2D eigenvalue weighted by atomic mass is 10.3. The third kappa shape index (κ3) is 0.851. The maximum Gasteiger partial charge on any atom is 0.162 e. The van der Waals surface area contributed by atoms with Gasteiger partial charge >= 0.3 is 0 Å². The average molecular weight is 169 g/mol. The first-order chi connectivity index (χ1) is 5.29. The van der Waals surface area contributed by atoms with Gasteiger partial charge in [0.1, 0.15) is 5.52 Å². The molecule has 0 saturated carbocycles. The quantitative estimate of drug-likeness (QED) is 0.632. The van der Waals surface area contributed by atoms with Crippen LogP contribution in [-0.2, 0) is 0 Å². The van der Waals surface area contributed by atoms with Crippen LogP contribution in [0.3, 0.4) is 0 Å². The van der Waals surface area contributed by atoms with E-state index >= 15 is 0 Å². The number of H-pyrrole nitrogens is 1. The minimum Gasteiger partial charge on any atom is -0.504 e. The highest BCUT2D eigenvalue weighted by Crippen LogP contribution is 2.29. The molecule has 0 aliphatic rings. The molecule has 0 fully saturated rings. The van der Waals surface area contributed by atoms with Crippen molar-refractivity contribution in [1.29, 1.82) is 0 Å². The maximum atomic E-state index is 9.33. The predicted molar refractivity (Wildman–Crippen MR) is 42.8 cm³/mol. The Morgan fingerprint density at radius 1 is 1.45 bits per heavy atom. The lowest BCUT2D eigenvalue weighted by Gasteiger charge is -1.94. The highest BCUT2D eigenvalue weighted by Gasteiger charge is 2.04. The summed E-state index contributed by atoms with van der Waals surface area (Å²) in [6, 6.07) is 3.39. The Kier molecular flexibility index (Phi) is 1.26. The monoisotopic (exact) mass is 168 g/mol. The number of aromatic amines is 1. The van der Waals surface area contributed by atoms with E-state index in [1.165, 1.54) is 6.33 Å². The summed E-state index contributed by atoms with van der Waals surface area (Å²) < 4.78 is 0. The van der Waals surface area contributed by atoms with Crippen LogP contribution in [0.2, 0.25) is 5.02 Å². The van der Waals surface area contributed by atoms with Gasteiger partial charge < -0.3 is 10.1 Å². The summed E-state index contributed by atoms with van der Waals surface area (Å²) in [7, 11) is 0. The fourth-order valence-corrected chi connectivity index (χ4v) is 1.12. The molecule has 0 atom stereocenters. The Morgan fingerprint density at radius 2 is 2.27 bits per heavy atom. The van der Waals surface area contributed by atoms with Crippen LogP contribution in [-0.4, -0.2) is 15.1 Å². The lowest BCUT2D eigenvalue weighted by Crippen LogP contribution is -1.72. The number of rotatable bonds is 0. The van der Waals surface area contributed by atoms with Crippen molar-refractivity contribution in [2.75, 3.05) is 0 Å². The molecule has 0 unspecified atom stereocenters. The molecular formula is C7H5ClN2O. The van der Waals surface area contributed by atoms with E-state index in [9.17, 15) is 5.11 Å². The third-order valence-electron chi connectivity index (χ3n) is 1.52. The Balaban J connectivity index is 2.93. The second-order valence-corrected chi connectivity index (χ2v) is 2.60. The molecule has 56 valence electrons. The highest BCUT2D eigenvalue weighted by molar-refractivity contribution is 6.33. The molecule has 0 spiro atoms. The molecule has 0 bridgehead atoms. The topological polar surface area (TPSA) is 48.9 Å². The van der Waals surface area contributed by atoms with Gasteiger partial charge in [-0.1, -0.05) is 11.6 Å². The van der Waals surface area contributed by atoms with Crippen LogP contribution in [0.5, 0.6) is 5.75 Å². The molecule has 2 aromatic rings. The van der Waals surface area contributed by atoms with Crippen LogP contribution in [0, 0.1) is 0 Å². The summed E-state index contributed by atoms with van der Waals surface area (Å²) in [6.45, 7) is 0. The van der Waals surface area contributed by atoms with Gasteiger partial charge in [-0.3, -0.25) is 0 Å². The van der Waals surface area contributed by atoms with Gasteiger partial charge in [-0.05, 0) is 12.1 Å². The van der Waals surface area contributed by atoms with Crippen LogP contribution in [0.1, 0.15) is 0 Å². The third-order valence-corrected chi connectivity index (χ3v) is 1.82. The van der Waals surface area contributed by atoms with Gasteiger partial charge in [-0.2, -0.15) is 0 Å². The van der Waals surface area contributed by atoms with Crippen molar-refractivity contribution in [3.8, 4) is 5.75 Å². The summed E-state index contributed by atoms with van der Waals surface area (Å²) in [4.78, 5) is 6.75. The normalized spacial score (nSPS) is 10.6. The first kappa shape index (κ1) is 6.49. The minimum atomic E-state index is 0.0328.